The molecule has 0 spiro atoms. The van der Waals surface area contributed by atoms with E-state index in [2.05, 4.69) is 38.9 Å². The molecule has 2 aromatic heterocycles. The first-order valence-electron chi connectivity index (χ1n) is 10.3. The Balaban J connectivity index is 1.53. The fourth-order valence-corrected chi connectivity index (χ4v) is 4.79. The molecule has 31 heavy (non-hydrogen) atoms. The van der Waals surface area contributed by atoms with Crippen molar-refractivity contribution < 1.29 is 9.18 Å². The molecule has 9 heteroatoms. The highest BCUT2D eigenvalue weighted by Gasteiger charge is 2.16. The summed E-state index contributed by atoms with van der Waals surface area (Å²) in [6, 6.07) is 6.36. The lowest BCUT2D eigenvalue weighted by Crippen LogP contribution is -2.25. The van der Waals surface area contributed by atoms with E-state index in [4.69, 9.17) is 0 Å². The van der Waals surface area contributed by atoms with Crippen LogP contribution in [0.15, 0.2) is 29.4 Å². The number of nitrogens with zero attached hydrogens (tertiary/aromatic N) is 4. The Hall–Kier alpha value is -2.26. The number of carbonyl (C=O) groups is 1. The summed E-state index contributed by atoms with van der Waals surface area (Å²) in [4.78, 5) is 17.8. The van der Waals surface area contributed by atoms with Gasteiger partial charge in [0.2, 0.25) is 0 Å². The normalized spacial score (nSPS) is 11.3. The molecule has 0 aliphatic rings. The van der Waals surface area contributed by atoms with E-state index in [0.717, 1.165) is 46.6 Å². The second-order valence-corrected chi connectivity index (χ2v) is 9.65. The number of benzene rings is 1. The summed E-state index contributed by atoms with van der Waals surface area (Å²) in [6.45, 7) is 7.65. The third kappa shape index (κ3) is 6.36. The number of hydrogen-bond acceptors (Lipinski definition) is 6. The minimum atomic E-state index is -0.258. The fourth-order valence-electron chi connectivity index (χ4n) is 3.25. The standard InChI is InChI=1S/C22H28FN5OS2/c1-14(2)13-28-18(26-27-22(28)30-4)6-5-11-24-21(29)20-15(3)25-19(31-20)12-16-7-9-17(23)10-8-16/h7-10,14H,5-6,11-13H2,1-4H3,(H,24,29). The molecule has 0 unspecified atom stereocenters. The average molecular weight is 462 g/mol. The van der Waals surface area contributed by atoms with Gasteiger partial charge in [0.15, 0.2) is 5.16 Å². The van der Waals surface area contributed by atoms with Gasteiger partial charge in [-0.1, -0.05) is 37.7 Å². The topological polar surface area (TPSA) is 72.7 Å². The van der Waals surface area contributed by atoms with Crippen LogP contribution in [0.25, 0.3) is 0 Å². The first-order valence-corrected chi connectivity index (χ1v) is 12.4. The van der Waals surface area contributed by atoms with Gasteiger partial charge in [-0.2, -0.15) is 0 Å². The Morgan fingerprint density at radius 1 is 1.26 bits per heavy atom. The summed E-state index contributed by atoms with van der Waals surface area (Å²) in [5.74, 6) is 1.11. The molecule has 3 aromatic rings. The van der Waals surface area contributed by atoms with Gasteiger partial charge in [0.25, 0.3) is 5.91 Å². The minimum Gasteiger partial charge on any atom is -0.351 e. The van der Waals surface area contributed by atoms with Crippen molar-refractivity contribution in [3.8, 4) is 0 Å². The van der Waals surface area contributed by atoms with Gasteiger partial charge in [0, 0.05) is 25.9 Å². The fraction of sp³-hybridized carbons (Fsp3) is 0.455. The Bertz CT molecular complexity index is 1010. The molecule has 0 aliphatic carbocycles. The first kappa shape index (κ1) is 23.4. The molecule has 2 heterocycles. The van der Waals surface area contributed by atoms with Crippen molar-refractivity contribution in [2.75, 3.05) is 12.8 Å². The predicted molar refractivity (Wildman–Crippen MR) is 123 cm³/mol. The molecule has 0 bridgehead atoms. The number of aromatic nitrogens is 4. The molecule has 0 aliphatic heterocycles. The molecule has 1 N–H and O–H groups in total. The van der Waals surface area contributed by atoms with Gasteiger partial charge in [-0.3, -0.25) is 4.79 Å². The van der Waals surface area contributed by atoms with Crippen molar-refractivity contribution >= 4 is 29.0 Å². The van der Waals surface area contributed by atoms with Crippen molar-refractivity contribution in [1.82, 2.24) is 25.1 Å². The van der Waals surface area contributed by atoms with E-state index in [1.54, 1.807) is 23.9 Å². The zero-order chi connectivity index (χ0) is 22.4. The first-order chi connectivity index (χ1) is 14.9. The van der Waals surface area contributed by atoms with E-state index in [9.17, 15) is 9.18 Å². The van der Waals surface area contributed by atoms with Gasteiger partial charge >= 0.3 is 0 Å². The molecule has 0 radical (unpaired) electrons. The molecule has 1 amide bonds. The van der Waals surface area contributed by atoms with Gasteiger partial charge in [-0.15, -0.1) is 21.5 Å². The summed E-state index contributed by atoms with van der Waals surface area (Å²) < 4.78 is 15.2. The molecule has 6 nitrogen and oxygen atoms in total. The number of rotatable bonds is 10. The number of thiazole rings is 1. The molecular weight excluding hydrogens is 433 g/mol. The van der Waals surface area contributed by atoms with E-state index in [1.165, 1.54) is 23.5 Å². The Morgan fingerprint density at radius 3 is 2.68 bits per heavy atom. The maximum atomic E-state index is 13.1. The highest BCUT2D eigenvalue weighted by Crippen LogP contribution is 2.21. The summed E-state index contributed by atoms with van der Waals surface area (Å²) in [7, 11) is 0. The second kappa shape index (κ2) is 10.9. The van der Waals surface area contributed by atoms with Crippen LogP contribution in [0.4, 0.5) is 4.39 Å². The van der Waals surface area contributed by atoms with E-state index in [-0.39, 0.29) is 11.7 Å². The van der Waals surface area contributed by atoms with E-state index >= 15 is 0 Å². The molecule has 0 saturated carbocycles. The summed E-state index contributed by atoms with van der Waals surface area (Å²) in [5.41, 5.74) is 1.69. The van der Waals surface area contributed by atoms with Gasteiger partial charge in [-0.25, -0.2) is 9.37 Å². The number of aryl methyl sites for hydroxylation is 2. The maximum absolute atomic E-state index is 13.1. The van der Waals surface area contributed by atoms with Crippen LogP contribution in [-0.4, -0.2) is 38.5 Å². The third-order valence-electron chi connectivity index (χ3n) is 4.70. The highest BCUT2D eigenvalue weighted by atomic mass is 32.2. The van der Waals surface area contributed by atoms with Crippen molar-refractivity contribution in [2.45, 2.75) is 51.7 Å². The molecule has 3 rings (SSSR count). The van der Waals surface area contributed by atoms with Crippen LogP contribution >= 0.6 is 23.1 Å². The van der Waals surface area contributed by atoms with E-state index in [0.29, 0.717) is 23.8 Å². The molecule has 166 valence electrons. The van der Waals surface area contributed by atoms with Crippen molar-refractivity contribution in [2.24, 2.45) is 5.92 Å². The number of thioether (sulfide) groups is 1. The van der Waals surface area contributed by atoms with Crippen LogP contribution < -0.4 is 5.32 Å². The van der Waals surface area contributed by atoms with Crippen LogP contribution in [0.3, 0.4) is 0 Å². The number of hydrogen-bond donors (Lipinski definition) is 1. The number of halogens is 1. The number of nitrogens with one attached hydrogen (secondary N) is 1. The lowest BCUT2D eigenvalue weighted by Gasteiger charge is -2.11. The molecule has 0 saturated heterocycles. The zero-order valence-electron chi connectivity index (χ0n) is 18.3. The number of amides is 1. The minimum absolute atomic E-state index is 0.103. The lowest BCUT2D eigenvalue weighted by molar-refractivity contribution is 0.0956. The van der Waals surface area contributed by atoms with Crippen LogP contribution in [0.5, 0.6) is 0 Å². The lowest BCUT2D eigenvalue weighted by atomic mass is 10.1. The Labute approximate surface area is 190 Å². The van der Waals surface area contributed by atoms with Crippen LogP contribution in [-0.2, 0) is 19.4 Å². The van der Waals surface area contributed by atoms with Crippen LogP contribution in [0, 0.1) is 18.7 Å². The molecule has 0 fully saturated rings. The summed E-state index contributed by atoms with van der Waals surface area (Å²) >= 11 is 2.99. The largest absolute Gasteiger partial charge is 0.351 e. The SMILES string of the molecule is CSc1nnc(CCCNC(=O)c2sc(Cc3ccc(F)cc3)nc2C)n1CC(C)C. The van der Waals surface area contributed by atoms with Gasteiger partial charge in [0.05, 0.1) is 10.7 Å². The summed E-state index contributed by atoms with van der Waals surface area (Å²) in [6.07, 6.45) is 4.14. The number of carbonyl (C=O) groups excluding carboxylic acids is 1. The highest BCUT2D eigenvalue weighted by molar-refractivity contribution is 7.98. The van der Waals surface area contributed by atoms with Crippen LogP contribution in [0.1, 0.15) is 52.0 Å². The Kier molecular flexibility index (Phi) is 8.20. The quantitative estimate of drug-likeness (QED) is 0.355. The molecule has 0 atom stereocenters. The van der Waals surface area contributed by atoms with Crippen molar-refractivity contribution in [3.63, 3.8) is 0 Å². The maximum Gasteiger partial charge on any atom is 0.263 e. The van der Waals surface area contributed by atoms with E-state index < -0.39 is 0 Å². The van der Waals surface area contributed by atoms with Crippen LogP contribution in [0.2, 0.25) is 0 Å². The molecule has 1 aromatic carbocycles. The Morgan fingerprint density at radius 2 is 2.00 bits per heavy atom. The van der Waals surface area contributed by atoms with Crippen molar-refractivity contribution in [3.05, 3.63) is 57.0 Å². The van der Waals surface area contributed by atoms with Gasteiger partial charge in [-0.05, 0) is 43.2 Å². The van der Waals surface area contributed by atoms with Crippen molar-refractivity contribution in [1.29, 1.82) is 0 Å². The van der Waals surface area contributed by atoms with Gasteiger partial charge < -0.3 is 9.88 Å². The zero-order valence-corrected chi connectivity index (χ0v) is 19.9. The predicted octanol–water partition coefficient (Wildman–Crippen LogP) is 4.51. The molecular formula is C22H28FN5OS2. The third-order valence-corrected chi connectivity index (χ3v) is 6.53. The second-order valence-electron chi connectivity index (χ2n) is 7.79. The summed E-state index contributed by atoms with van der Waals surface area (Å²) in [5, 5.41) is 13.4. The monoisotopic (exact) mass is 461 g/mol. The smallest absolute Gasteiger partial charge is 0.263 e. The van der Waals surface area contributed by atoms with E-state index in [1.807, 2.05) is 13.2 Å². The van der Waals surface area contributed by atoms with Gasteiger partial charge in [0.1, 0.15) is 16.5 Å². The average Bonchev–Trinajstić information content (AvgIpc) is 3.29.